The Kier molecular flexibility index (Phi) is 2.28. The lowest BCUT2D eigenvalue weighted by molar-refractivity contribution is 0.672. The molecular formula is C14H16N2. The van der Waals surface area contributed by atoms with E-state index in [-0.39, 0.29) is 0 Å². The highest BCUT2D eigenvalue weighted by Crippen LogP contribution is 2.40. The van der Waals surface area contributed by atoms with Crippen LogP contribution in [0, 0.1) is 6.92 Å². The van der Waals surface area contributed by atoms with Crippen LogP contribution in [-0.4, -0.2) is 9.78 Å². The fraction of sp³-hybridized carbons (Fsp3) is 0.357. The molecule has 0 spiro atoms. The summed E-state index contributed by atoms with van der Waals surface area (Å²) in [6.45, 7) is 3.05. The molecule has 1 saturated carbocycles. The Morgan fingerprint density at radius 1 is 1.25 bits per heavy atom. The van der Waals surface area contributed by atoms with E-state index in [0.717, 1.165) is 12.5 Å². The maximum Gasteiger partial charge on any atom is 0.0684 e. The monoisotopic (exact) mass is 212 g/mol. The number of benzene rings is 1. The van der Waals surface area contributed by atoms with E-state index in [9.17, 15) is 0 Å². The molecule has 82 valence electrons. The molecule has 1 aliphatic rings. The van der Waals surface area contributed by atoms with Crippen LogP contribution in [0.5, 0.6) is 0 Å². The maximum atomic E-state index is 4.68. The smallest absolute Gasteiger partial charge is 0.0684 e. The van der Waals surface area contributed by atoms with Gasteiger partial charge in [-0.25, -0.2) is 0 Å². The molecular weight excluding hydrogens is 196 g/mol. The number of hydrogen-bond acceptors (Lipinski definition) is 1. The Labute approximate surface area is 95.9 Å². The Morgan fingerprint density at radius 2 is 2.00 bits per heavy atom. The van der Waals surface area contributed by atoms with Crippen molar-refractivity contribution in [1.29, 1.82) is 0 Å². The Bertz CT molecular complexity index is 481. The van der Waals surface area contributed by atoms with E-state index in [0.29, 0.717) is 0 Å². The first-order chi connectivity index (χ1) is 7.83. The van der Waals surface area contributed by atoms with Crippen molar-refractivity contribution >= 4 is 0 Å². The standard InChI is InChI=1S/C14H16N2/c1-11-9-16(15-14(11)13-7-8-13)10-12-5-3-2-4-6-12/h2-6,9,13H,7-8,10H2,1H3. The van der Waals surface area contributed by atoms with Crippen LogP contribution in [0.2, 0.25) is 0 Å². The number of rotatable bonds is 3. The van der Waals surface area contributed by atoms with Crippen LogP contribution >= 0.6 is 0 Å². The van der Waals surface area contributed by atoms with Gasteiger partial charge in [-0.1, -0.05) is 30.3 Å². The number of aryl methyl sites for hydroxylation is 1. The summed E-state index contributed by atoms with van der Waals surface area (Å²) in [7, 11) is 0. The van der Waals surface area contributed by atoms with Crippen LogP contribution in [-0.2, 0) is 6.54 Å². The number of hydrogen-bond donors (Lipinski definition) is 0. The molecule has 1 aliphatic carbocycles. The van der Waals surface area contributed by atoms with Gasteiger partial charge in [-0.05, 0) is 30.9 Å². The molecule has 2 heteroatoms. The fourth-order valence-electron chi connectivity index (χ4n) is 2.15. The van der Waals surface area contributed by atoms with E-state index in [1.807, 2.05) is 6.07 Å². The summed E-state index contributed by atoms with van der Waals surface area (Å²) in [5, 5.41) is 4.68. The molecule has 16 heavy (non-hydrogen) atoms. The topological polar surface area (TPSA) is 17.8 Å². The van der Waals surface area contributed by atoms with Gasteiger partial charge in [-0.3, -0.25) is 4.68 Å². The molecule has 0 atom stereocenters. The lowest BCUT2D eigenvalue weighted by Gasteiger charge is -2.00. The van der Waals surface area contributed by atoms with Gasteiger partial charge < -0.3 is 0 Å². The predicted octanol–water partition coefficient (Wildman–Crippen LogP) is 3.12. The fourth-order valence-corrected chi connectivity index (χ4v) is 2.15. The Morgan fingerprint density at radius 3 is 2.69 bits per heavy atom. The molecule has 0 aliphatic heterocycles. The van der Waals surface area contributed by atoms with Crippen molar-refractivity contribution in [3.8, 4) is 0 Å². The highest BCUT2D eigenvalue weighted by atomic mass is 15.3. The van der Waals surface area contributed by atoms with E-state index in [2.05, 4.69) is 47.2 Å². The minimum absolute atomic E-state index is 0.747. The first kappa shape index (κ1) is 9.64. The van der Waals surface area contributed by atoms with Crippen LogP contribution in [0.25, 0.3) is 0 Å². The minimum Gasteiger partial charge on any atom is -0.268 e. The molecule has 1 aromatic heterocycles. The first-order valence-corrected chi connectivity index (χ1v) is 5.91. The minimum atomic E-state index is 0.747. The highest BCUT2D eigenvalue weighted by molar-refractivity contribution is 5.24. The largest absolute Gasteiger partial charge is 0.268 e. The maximum absolute atomic E-state index is 4.68. The van der Waals surface area contributed by atoms with Gasteiger partial charge in [0.25, 0.3) is 0 Å². The average Bonchev–Trinajstić information content (AvgIpc) is 3.06. The van der Waals surface area contributed by atoms with Crippen LogP contribution in [0.4, 0.5) is 0 Å². The molecule has 1 fully saturated rings. The molecule has 1 aromatic carbocycles. The quantitative estimate of drug-likeness (QED) is 0.764. The second-order valence-electron chi connectivity index (χ2n) is 4.65. The van der Waals surface area contributed by atoms with Crippen molar-refractivity contribution in [2.75, 3.05) is 0 Å². The van der Waals surface area contributed by atoms with Gasteiger partial charge in [-0.2, -0.15) is 5.10 Å². The second kappa shape index (κ2) is 3.78. The van der Waals surface area contributed by atoms with Crippen LogP contribution < -0.4 is 0 Å². The van der Waals surface area contributed by atoms with E-state index in [1.54, 1.807) is 0 Å². The van der Waals surface area contributed by atoms with Crippen molar-refractivity contribution in [3.05, 3.63) is 53.3 Å². The highest BCUT2D eigenvalue weighted by Gasteiger charge is 2.27. The molecule has 1 heterocycles. The number of aromatic nitrogens is 2. The molecule has 0 radical (unpaired) electrons. The van der Waals surface area contributed by atoms with E-state index < -0.39 is 0 Å². The third kappa shape index (κ3) is 1.87. The van der Waals surface area contributed by atoms with E-state index >= 15 is 0 Å². The van der Waals surface area contributed by atoms with Crippen molar-refractivity contribution in [1.82, 2.24) is 9.78 Å². The van der Waals surface area contributed by atoms with Gasteiger partial charge in [0.1, 0.15) is 0 Å². The SMILES string of the molecule is Cc1cn(Cc2ccccc2)nc1C1CC1. The lowest BCUT2D eigenvalue weighted by atomic mass is 10.2. The third-order valence-corrected chi connectivity index (χ3v) is 3.13. The molecule has 0 amide bonds. The van der Waals surface area contributed by atoms with Crippen molar-refractivity contribution in [2.24, 2.45) is 0 Å². The summed E-state index contributed by atoms with van der Waals surface area (Å²) >= 11 is 0. The summed E-state index contributed by atoms with van der Waals surface area (Å²) in [5.74, 6) is 0.747. The van der Waals surface area contributed by atoms with Gasteiger partial charge in [0.2, 0.25) is 0 Å². The summed E-state index contributed by atoms with van der Waals surface area (Å²) in [6, 6.07) is 10.5. The predicted molar refractivity (Wildman–Crippen MR) is 64.5 cm³/mol. The zero-order valence-electron chi connectivity index (χ0n) is 9.56. The molecule has 0 saturated heterocycles. The molecule has 0 bridgehead atoms. The summed E-state index contributed by atoms with van der Waals surface area (Å²) in [5.41, 5.74) is 3.97. The van der Waals surface area contributed by atoms with Crippen LogP contribution in [0.15, 0.2) is 36.5 Å². The summed E-state index contributed by atoms with van der Waals surface area (Å²) in [6.07, 6.45) is 4.81. The van der Waals surface area contributed by atoms with Crippen molar-refractivity contribution in [3.63, 3.8) is 0 Å². The van der Waals surface area contributed by atoms with Crippen LogP contribution in [0.1, 0.15) is 35.6 Å². The van der Waals surface area contributed by atoms with Gasteiger partial charge in [-0.15, -0.1) is 0 Å². The van der Waals surface area contributed by atoms with Crippen molar-refractivity contribution in [2.45, 2.75) is 32.2 Å². The van der Waals surface area contributed by atoms with Gasteiger partial charge in [0.05, 0.1) is 12.2 Å². The molecule has 0 unspecified atom stereocenters. The Hall–Kier alpha value is -1.57. The van der Waals surface area contributed by atoms with Crippen molar-refractivity contribution < 1.29 is 0 Å². The summed E-state index contributed by atoms with van der Waals surface area (Å²) < 4.78 is 2.07. The zero-order chi connectivity index (χ0) is 11.0. The third-order valence-electron chi connectivity index (χ3n) is 3.13. The van der Waals surface area contributed by atoms with E-state index in [4.69, 9.17) is 0 Å². The van der Waals surface area contributed by atoms with Gasteiger partial charge in [0.15, 0.2) is 0 Å². The molecule has 2 aromatic rings. The lowest BCUT2D eigenvalue weighted by Crippen LogP contribution is -2.00. The van der Waals surface area contributed by atoms with Crippen LogP contribution in [0.3, 0.4) is 0 Å². The molecule has 0 N–H and O–H groups in total. The van der Waals surface area contributed by atoms with Gasteiger partial charge in [0, 0.05) is 12.1 Å². The van der Waals surface area contributed by atoms with E-state index in [1.165, 1.54) is 29.7 Å². The average molecular weight is 212 g/mol. The second-order valence-corrected chi connectivity index (χ2v) is 4.65. The normalized spacial score (nSPS) is 15.3. The Balaban J connectivity index is 1.82. The van der Waals surface area contributed by atoms with Gasteiger partial charge >= 0.3 is 0 Å². The molecule has 3 rings (SSSR count). The molecule has 2 nitrogen and oxygen atoms in total. The summed E-state index contributed by atoms with van der Waals surface area (Å²) in [4.78, 5) is 0. The zero-order valence-corrected chi connectivity index (χ0v) is 9.56. The first-order valence-electron chi connectivity index (χ1n) is 5.91. The number of nitrogens with zero attached hydrogens (tertiary/aromatic N) is 2.